The van der Waals surface area contributed by atoms with Crippen LogP contribution in [0.4, 0.5) is 0 Å². The van der Waals surface area contributed by atoms with E-state index >= 15 is 0 Å². The van der Waals surface area contributed by atoms with Crippen molar-refractivity contribution >= 4 is 29.5 Å². The molecule has 0 saturated carbocycles. The number of aliphatic hydroxyl groups excluding tert-OH is 1. The molecule has 0 saturated heterocycles. The summed E-state index contributed by atoms with van der Waals surface area (Å²) in [5.74, 6) is -4.74. The minimum absolute atomic E-state index is 0. The highest BCUT2D eigenvalue weighted by Crippen LogP contribution is 2.17. The number of aliphatic carboxylic acids is 2. The largest absolute Gasteiger partial charge is 0.479 e. The molecule has 0 bridgehead atoms. The number of carboxylic acid groups (broad SMARTS) is 2. The summed E-state index contributed by atoms with van der Waals surface area (Å²) in [5, 5.41) is 26.4. The van der Waals surface area contributed by atoms with Crippen molar-refractivity contribution in [3.05, 3.63) is 34.9 Å². The Morgan fingerprint density at radius 2 is 1.65 bits per heavy atom. The number of benzene rings is 1. The maximum atomic E-state index is 11.6. The Hall–Kier alpha value is -2.16. The highest BCUT2D eigenvalue weighted by molar-refractivity contribution is 6.33. The molecule has 1 rings (SSSR count). The van der Waals surface area contributed by atoms with Crippen LogP contribution in [0.25, 0.3) is 0 Å². The summed E-state index contributed by atoms with van der Waals surface area (Å²) in [6, 6.07) is 5.66. The topological polar surface area (TPSA) is 153 Å². The van der Waals surface area contributed by atoms with Crippen molar-refractivity contribution in [2.75, 3.05) is 0 Å². The van der Waals surface area contributed by atoms with Crippen LogP contribution >= 0.6 is 11.6 Å². The molecule has 2 atom stereocenters. The van der Waals surface area contributed by atoms with Gasteiger partial charge >= 0.3 is 17.9 Å². The Morgan fingerprint density at radius 3 is 2.10 bits per heavy atom. The van der Waals surface area contributed by atoms with Gasteiger partial charge in [0.25, 0.3) is 0 Å². The second kappa shape index (κ2) is 7.43. The average molecular weight is 307 g/mol. The van der Waals surface area contributed by atoms with Gasteiger partial charge in [-0.15, -0.1) is 0 Å². The molecule has 8 nitrogen and oxygen atoms in total. The van der Waals surface area contributed by atoms with Gasteiger partial charge < -0.3 is 25.5 Å². The van der Waals surface area contributed by atoms with Crippen molar-refractivity contribution in [2.24, 2.45) is 0 Å². The summed E-state index contributed by atoms with van der Waals surface area (Å²) >= 11 is 5.70. The SMILES string of the molecule is O.O=C(O[C@@H](C(=O)O)[C@@H](O)C(=O)O)c1ccccc1Cl. The van der Waals surface area contributed by atoms with E-state index in [1.807, 2.05) is 0 Å². The van der Waals surface area contributed by atoms with Crippen LogP contribution in [0.1, 0.15) is 10.4 Å². The number of esters is 1. The average Bonchev–Trinajstić information content (AvgIpc) is 2.34. The van der Waals surface area contributed by atoms with Gasteiger partial charge in [0.2, 0.25) is 6.10 Å². The first-order chi connectivity index (χ1) is 8.84. The number of ether oxygens (including phenoxy) is 1. The van der Waals surface area contributed by atoms with Gasteiger partial charge in [-0.1, -0.05) is 23.7 Å². The van der Waals surface area contributed by atoms with Gasteiger partial charge in [0.1, 0.15) is 0 Å². The van der Waals surface area contributed by atoms with Gasteiger partial charge in [0.15, 0.2) is 6.10 Å². The van der Waals surface area contributed by atoms with E-state index in [4.69, 9.17) is 26.9 Å². The van der Waals surface area contributed by atoms with E-state index < -0.39 is 30.1 Å². The predicted octanol–water partition coefficient (Wildman–Crippen LogP) is -0.429. The summed E-state index contributed by atoms with van der Waals surface area (Å²) in [5.41, 5.74) is -0.131. The third kappa shape index (κ3) is 4.19. The smallest absolute Gasteiger partial charge is 0.348 e. The van der Waals surface area contributed by atoms with E-state index in [-0.39, 0.29) is 16.1 Å². The van der Waals surface area contributed by atoms with Gasteiger partial charge in [0.05, 0.1) is 10.6 Å². The Morgan fingerprint density at radius 1 is 1.10 bits per heavy atom. The fraction of sp³-hybridized carbons (Fsp3) is 0.182. The number of carbonyl (C=O) groups is 3. The fourth-order valence-electron chi connectivity index (χ4n) is 1.18. The lowest BCUT2D eigenvalue weighted by Crippen LogP contribution is -2.43. The van der Waals surface area contributed by atoms with E-state index in [1.54, 1.807) is 6.07 Å². The highest BCUT2D eigenvalue weighted by Gasteiger charge is 2.36. The van der Waals surface area contributed by atoms with Gasteiger partial charge in [-0.05, 0) is 12.1 Å². The molecule has 0 amide bonds. The van der Waals surface area contributed by atoms with Crippen LogP contribution in [0.5, 0.6) is 0 Å². The second-order valence-corrected chi connectivity index (χ2v) is 3.83. The number of hydrogen-bond acceptors (Lipinski definition) is 5. The molecular formula is C11H11ClO8. The first-order valence-corrected chi connectivity index (χ1v) is 5.31. The fourth-order valence-corrected chi connectivity index (χ4v) is 1.40. The summed E-state index contributed by atoms with van der Waals surface area (Å²) in [6.45, 7) is 0. The number of rotatable bonds is 5. The number of aliphatic hydroxyl groups is 1. The quantitative estimate of drug-likeness (QED) is 0.624. The maximum absolute atomic E-state index is 11.6. The predicted molar refractivity (Wildman–Crippen MR) is 65.5 cm³/mol. The van der Waals surface area contributed by atoms with E-state index in [0.717, 1.165) is 0 Å². The van der Waals surface area contributed by atoms with Crippen molar-refractivity contribution < 1.29 is 39.9 Å². The Labute approximate surface area is 117 Å². The Balaban J connectivity index is 0.00000361. The highest BCUT2D eigenvalue weighted by atomic mass is 35.5. The summed E-state index contributed by atoms with van der Waals surface area (Å²) in [7, 11) is 0. The minimum Gasteiger partial charge on any atom is -0.479 e. The molecule has 0 aromatic heterocycles. The van der Waals surface area contributed by atoms with Crippen molar-refractivity contribution in [1.82, 2.24) is 0 Å². The second-order valence-electron chi connectivity index (χ2n) is 3.43. The van der Waals surface area contributed by atoms with Crippen molar-refractivity contribution in [1.29, 1.82) is 0 Å². The van der Waals surface area contributed by atoms with Crippen molar-refractivity contribution in [3.8, 4) is 0 Å². The standard InChI is InChI=1S/C11H9ClO7.H2O/c12-6-4-2-1-3-5(6)11(18)19-8(10(16)17)7(13)9(14)15;/h1-4,7-8,13H,(H,14,15)(H,16,17);1H2/t7-,8-;/m1./s1. The van der Waals surface area contributed by atoms with Gasteiger partial charge in [-0.3, -0.25) is 0 Å². The lowest BCUT2D eigenvalue weighted by molar-refractivity contribution is -0.166. The molecule has 0 spiro atoms. The molecule has 0 unspecified atom stereocenters. The Kier molecular flexibility index (Phi) is 6.63. The van der Waals surface area contributed by atoms with Crippen LogP contribution in [-0.4, -0.2) is 50.9 Å². The number of carboxylic acids is 2. The zero-order valence-corrected chi connectivity index (χ0v) is 10.6. The van der Waals surface area contributed by atoms with E-state index in [9.17, 15) is 14.4 Å². The molecule has 110 valence electrons. The number of halogens is 1. The van der Waals surface area contributed by atoms with Gasteiger partial charge in [-0.25, -0.2) is 14.4 Å². The van der Waals surface area contributed by atoms with Crippen molar-refractivity contribution in [2.45, 2.75) is 12.2 Å². The molecule has 9 heteroatoms. The lowest BCUT2D eigenvalue weighted by Gasteiger charge is -2.16. The Bertz CT molecular complexity index is 515. The monoisotopic (exact) mass is 306 g/mol. The zero-order valence-electron chi connectivity index (χ0n) is 9.82. The molecule has 5 N–H and O–H groups in total. The van der Waals surface area contributed by atoms with Crippen LogP contribution in [0.2, 0.25) is 5.02 Å². The lowest BCUT2D eigenvalue weighted by atomic mass is 10.2. The van der Waals surface area contributed by atoms with Crippen molar-refractivity contribution in [3.63, 3.8) is 0 Å². The molecule has 0 radical (unpaired) electrons. The summed E-state index contributed by atoms with van der Waals surface area (Å²) in [4.78, 5) is 32.9. The molecule has 1 aromatic rings. The zero-order chi connectivity index (χ0) is 14.6. The maximum Gasteiger partial charge on any atom is 0.348 e. The molecule has 0 fully saturated rings. The molecule has 20 heavy (non-hydrogen) atoms. The molecule has 1 aromatic carbocycles. The molecule has 0 aliphatic rings. The first-order valence-electron chi connectivity index (χ1n) is 4.93. The number of carbonyl (C=O) groups excluding carboxylic acids is 1. The minimum atomic E-state index is -2.37. The van der Waals surface area contributed by atoms with Crippen LogP contribution in [0.3, 0.4) is 0 Å². The van der Waals surface area contributed by atoms with Crippen LogP contribution < -0.4 is 0 Å². The van der Waals surface area contributed by atoms with E-state index in [0.29, 0.717) is 0 Å². The van der Waals surface area contributed by atoms with Gasteiger partial charge in [0, 0.05) is 0 Å². The van der Waals surface area contributed by atoms with Gasteiger partial charge in [-0.2, -0.15) is 0 Å². The summed E-state index contributed by atoms with van der Waals surface area (Å²) < 4.78 is 4.45. The van der Waals surface area contributed by atoms with Crippen LogP contribution in [0, 0.1) is 0 Å². The molecule has 0 heterocycles. The van der Waals surface area contributed by atoms with Crippen LogP contribution in [-0.2, 0) is 14.3 Å². The van der Waals surface area contributed by atoms with E-state index in [2.05, 4.69) is 4.74 Å². The third-order valence-electron chi connectivity index (χ3n) is 2.11. The first kappa shape index (κ1) is 17.8. The summed E-state index contributed by atoms with van der Waals surface area (Å²) in [6.07, 6.45) is -4.59. The molecule has 0 aliphatic carbocycles. The third-order valence-corrected chi connectivity index (χ3v) is 2.44. The van der Waals surface area contributed by atoms with E-state index in [1.165, 1.54) is 18.2 Å². The number of hydrogen-bond donors (Lipinski definition) is 3. The molecule has 0 aliphatic heterocycles. The van der Waals surface area contributed by atoms with Crippen LogP contribution in [0.15, 0.2) is 24.3 Å². The molecular weight excluding hydrogens is 296 g/mol. The normalized spacial score (nSPS) is 12.7.